The molecule has 0 aromatic rings. The maximum atomic E-state index is 12.1. The predicted molar refractivity (Wildman–Crippen MR) is 62.5 cm³/mol. The summed E-state index contributed by atoms with van der Waals surface area (Å²) in [7, 11) is -11.5. The van der Waals surface area contributed by atoms with Crippen LogP contribution in [0.1, 0.15) is 25.7 Å². The minimum atomic E-state index is -4.13. The van der Waals surface area contributed by atoms with Crippen molar-refractivity contribution in [1.82, 2.24) is 0 Å². The number of hydrogen-bond donors (Lipinski definition) is 0. The molecule has 2 aliphatic heterocycles. The first-order valence-electron chi connectivity index (χ1n) is 5.34. The van der Waals surface area contributed by atoms with Crippen LogP contribution in [-0.4, -0.2) is 45.9 Å². The summed E-state index contributed by atoms with van der Waals surface area (Å²) in [4.78, 5) is 0. The van der Waals surface area contributed by atoms with E-state index in [0.717, 1.165) is 0 Å². The van der Waals surface area contributed by atoms with Crippen LogP contribution in [0.4, 0.5) is 0 Å². The third kappa shape index (κ3) is 2.12. The highest BCUT2D eigenvalue weighted by Gasteiger charge is 2.51. The molecule has 9 heteroatoms. The molecule has 2 atom stereocenters. The highest BCUT2D eigenvalue weighted by Crippen LogP contribution is 2.34. The lowest BCUT2D eigenvalue weighted by Gasteiger charge is -2.16. The smallest absolute Gasteiger partial charge is 0.184 e. The summed E-state index contributed by atoms with van der Waals surface area (Å²) in [6, 6.07) is 0. The van der Waals surface area contributed by atoms with E-state index in [1.165, 1.54) is 0 Å². The van der Waals surface area contributed by atoms with Gasteiger partial charge in [-0.2, -0.15) is 0 Å². The molecule has 0 saturated carbocycles. The molecule has 2 aliphatic rings. The molecule has 2 saturated heterocycles. The Bertz CT molecular complexity index is 562. The van der Waals surface area contributed by atoms with Crippen molar-refractivity contribution < 1.29 is 25.3 Å². The van der Waals surface area contributed by atoms with Crippen LogP contribution in [0.25, 0.3) is 0 Å². The van der Waals surface area contributed by atoms with E-state index in [0.29, 0.717) is 12.8 Å². The van der Waals surface area contributed by atoms with Gasteiger partial charge in [-0.25, -0.2) is 25.3 Å². The Labute approximate surface area is 101 Å². The second-order valence-electron chi connectivity index (χ2n) is 4.47. The van der Waals surface area contributed by atoms with Crippen molar-refractivity contribution in [2.45, 2.75) is 34.8 Å². The van der Waals surface area contributed by atoms with Crippen LogP contribution in [0.3, 0.4) is 0 Å². The Morgan fingerprint density at radius 1 is 0.765 bits per heavy atom. The minimum absolute atomic E-state index is 0.0245. The van der Waals surface area contributed by atoms with Crippen molar-refractivity contribution in [2.75, 3.05) is 11.5 Å². The van der Waals surface area contributed by atoms with Gasteiger partial charge in [-0.3, -0.25) is 0 Å². The van der Waals surface area contributed by atoms with Gasteiger partial charge in [0.2, 0.25) is 0 Å². The second kappa shape index (κ2) is 3.92. The van der Waals surface area contributed by atoms with Crippen molar-refractivity contribution >= 4 is 29.5 Å². The lowest BCUT2D eigenvalue weighted by atomic mass is 10.4. The Kier molecular flexibility index (Phi) is 3.07. The van der Waals surface area contributed by atoms with E-state index in [1.54, 1.807) is 0 Å². The lowest BCUT2D eigenvalue weighted by molar-refractivity contribution is 0.570. The summed E-state index contributed by atoms with van der Waals surface area (Å²) in [5, 5.41) is 0. The molecular formula is C8H14O6S3. The van der Waals surface area contributed by atoms with Crippen molar-refractivity contribution in [2.24, 2.45) is 0 Å². The van der Waals surface area contributed by atoms with E-state index in [1.807, 2.05) is 0 Å². The molecule has 0 aromatic heterocycles. The third-order valence-electron chi connectivity index (χ3n) is 3.27. The van der Waals surface area contributed by atoms with Gasteiger partial charge >= 0.3 is 0 Å². The topological polar surface area (TPSA) is 102 Å². The van der Waals surface area contributed by atoms with Gasteiger partial charge in [0.15, 0.2) is 38.7 Å². The molecule has 0 amide bonds. The molecule has 6 nitrogen and oxygen atoms in total. The van der Waals surface area contributed by atoms with Crippen molar-refractivity contribution in [3.8, 4) is 0 Å². The van der Waals surface area contributed by atoms with Crippen LogP contribution in [-0.2, 0) is 29.5 Å². The maximum Gasteiger partial charge on any atom is 0.184 e. The van der Waals surface area contributed by atoms with E-state index in [4.69, 9.17) is 0 Å². The maximum absolute atomic E-state index is 12.1. The van der Waals surface area contributed by atoms with Crippen LogP contribution in [0.2, 0.25) is 0 Å². The fourth-order valence-electron chi connectivity index (χ4n) is 2.43. The Morgan fingerprint density at radius 2 is 1.12 bits per heavy atom. The summed E-state index contributed by atoms with van der Waals surface area (Å²) >= 11 is 0. The molecule has 2 heterocycles. The SMILES string of the molecule is O=S1(=O)CCCC1S(=O)(=O)C1CCCS1(=O)=O. The molecule has 0 spiro atoms. The Balaban J connectivity index is 2.45. The Morgan fingerprint density at radius 3 is 1.35 bits per heavy atom. The normalized spacial score (nSPS) is 36.0. The molecule has 0 bridgehead atoms. The predicted octanol–water partition coefficient (Wildman–Crippen LogP) is -0.529. The van der Waals surface area contributed by atoms with E-state index in [-0.39, 0.29) is 24.3 Å². The van der Waals surface area contributed by atoms with Gasteiger partial charge in [0.25, 0.3) is 0 Å². The number of sulfone groups is 3. The molecule has 2 unspecified atom stereocenters. The van der Waals surface area contributed by atoms with Gasteiger partial charge in [0.1, 0.15) is 0 Å². The first-order chi connectivity index (χ1) is 7.68. The quantitative estimate of drug-likeness (QED) is 0.679. The molecule has 17 heavy (non-hydrogen) atoms. The van der Waals surface area contributed by atoms with Gasteiger partial charge in [-0.1, -0.05) is 0 Å². The molecule has 100 valence electrons. The van der Waals surface area contributed by atoms with Crippen molar-refractivity contribution in [3.63, 3.8) is 0 Å². The minimum Gasteiger partial charge on any atom is -0.227 e. The zero-order chi connectivity index (χ0) is 12.9. The van der Waals surface area contributed by atoms with Crippen LogP contribution < -0.4 is 0 Å². The summed E-state index contributed by atoms with van der Waals surface area (Å²) < 4.78 is 67.6. The average molecular weight is 302 g/mol. The van der Waals surface area contributed by atoms with Crippen LogP contribution >= 0.6 is 0 Å². The number of rotatable bonds is 2. The summed E-state index contributed by atoms with van der Waals surface area (Å²) in [5.74, 6) is -0.326. The molecule has 0 radical (unpaired) electrons. The molecular weight excluding hydrogens is 288 g/mol. The van der Waals surface area contributed by atoms with Crippen LogP contribution in [0.15, 0.2) is 0 Å². The van der Waals surface area contributed by atoms with Gasteiger partial charge in [0, 0.05) is 0 Å². The Hall–Kier alpha value is -0.150. The van der Waals surface area contributed by atoms with Gasteiger partial charge < -0.3 is 0 Å². The van der Waals surface area contributed by atoms with Gasteiger partial charge in [0.05, 0.1) is 11.5 Å². The largest absolute Gasteiger partial charge is 0.227 e. The van der Waals surface area contributed by atoms with Crippen LogP contribution in [0.5, 0.6) is 0 Å². The molecule has 0 N–H and O–H groups in total. The zero-order valence-corrected chi connectivity index (χ0v) is 11.5. The fourth-order valence-corrected chi connectivity index (χ4v) is 11.3. The van der Waals surface area contributed by atoms with Crippen LogP contribution in [0, 0.1) is 0 Å². The third-order valence-corrected chi connectivity index (χ3v) is 12.4. The van der Waals surface area contributed by atoms with E-state index in [9.17, 15) is 25.3 Å². The second-order valence-corrected chi connectivity index (χ2v) is 12.0. The molecule has 2 rings (SSSR count). The van der Waals surface area contributed by atoms with Gasteiger partial charge in [-0.05, 0) is 25.7 Å². The van der Waals surface area contributed by atoms with E-state index >= 15 is 0 Å². The number of hydrogen-bond acceptors (Lipinski definition) is 6. The summed E-state index contributed by atoms with van der Waals surface area (Å²) in [6.07, 6.45) is 0.630. The van der Waals surface area contributed by atoms with Crippen molar-refractivity contribution in [1.29, 1.82) is 0 Å². The summed E-state index contributed by atoms with van der Waals surface area (Å²) in [5.41, 5.74) is 0. The highest BCUT2D eigenvalue weighted by molar-refractivity contribution is 8.16. The standard InChI is InChI=1S/C8H14O6S3/c9-15(10)5-1-3-7(15)17(13,14)8-4-2-6-16(8,11)12/h7-8H,1-6H2. The summed E-state index contributed by atoms with van der Waals surface area (Å²) in [6.45, 7) is 0. The molecule has 0 aliphatic carbocycles. The molecule has 2 fully saturated rings. The van der Waals surface area contributed by atoms with E-state index in [2.05, 4.69) is 0 Å². The highest BCUT2D eigenvalue weighted by atomic mass is 32.3. The van der Waals surface area contributed by atoms with E-state index < -0.39 is 38.7 Å². The first-order valence-corrected chi connectivity index (χ1v) is 10.4. The monoisotopic (exact) mass is 302 g/mol. The van der Waals surface area contributed by atoms with Gasteiger partial charge in [-0.15, -0.1) is 0 Å². The average Bonchev–Trinajstić information content (AvgIpc) is 2.68. The lowest BCUT2D eigenvalue weighted by Crippen LogP contribution is -2.37. The zero-order valence-electron chi connectivity index (χ0n) is 9.07. The molecule has 0 aromatic carbocycles. The first kappa shape index (κ1) is 13.3. The van der Waals surface area contributed by atoms with Crippen molar-refractivity contribution in [3.05, 3.63) is 0 Å². The fraction of sp³-hybridized carbons (Fsp3) is 1.00.